The predicted molar refractivity (Wildman–Crippen MR) is 169 cm³/mol. The fourth-order valence-corrected chi connectivity index (χ4v) is 6.75. The number of aromatic nitrogens is 4. The SMILES string of the molecule is C=CC(=O)N1CCN(c2nc(=O)n(-c3c(C(C)C)ccnc3S(C)(=O)=O)c3nc(-c4c(F)cccc4Cl)c(Cl)cc23)[C@@H](C)C1. The number of hydrogen-bond acceptors (Lipinski definition) is 8. The van der Waals surface area contributed by atoms with Crippen LogP contribution in [0.3, 0.4) is 0 Å². The molecule has 1 atom stereocenters. The first-order valence-electron chi connectivity index (χ1n) is 13.7. The zero-order valence-corrected chi connectivity index (χ0v) is 26.7. The molecule has 4 aromatic rings. The summed E-state index contributed by atoms with van der Waals surface area (Å²) in [7, 11) is -3.95. The lowest BCUT2D eigenvalue weighted by Gasteiger charge is -2.40. The van der Waals surface area contributed by atoms with Crippen LogP contribution in [0.4, 0.5) is 10.2 Å². The Morgan fingerprint density at radius 3 is 2.50 bits per heavy atom. The molecular formula is C30H29Cl2FN6O4S. The molecule has 10 nitrogen and oxygen atoms in total. The summed E-state index contributed by atoms with van der Waals surface area (Å²) in [6.45, 7) is 10.1. The van der Waals surface area contributed by atoms with Gasteiger partial charge in [0.1, 0.15) is 11.6 Å². The number of sulfone groups is 1. The molecule has 1 aliphatic heterocycles. The van der Waals surface area contributed by atoms with Gasteiger partial charge in [0.25, 0.3) is 0 Å². The summed E-state index contributed by atoms with van der Waals surface area (Å²) < 4.78 is 42.2. The first-order valence-corrected chi connectivity index (χ1v) is 16.3. The van der Waals surface area contributed by atoms with Crippen LogP contribution >= 0.6 is 23.2 Å². The van der Waals surface area contributed by atoms with E-state index in [1.54, 1.807) is 11.0 Å². The van der Waals surface area contributed by atoms with Gasteiger partial charge in [-0.1, -0.05) is 49.7 Å². The van der Waals surface area contributed by atoms with Crippen molar-refractivity contribution in [2.24, 2.45) is 0 Å². The van der Waals surface area contributed by atoms with Gasteiger partial charge in [0, 0.05) is 38.1 Å². The number of fused-ring (bicyclic) bond motifs is 1. The number of nitrogens with zero attached hydrogens (tertiary/aromatic N) is 6. The van der Waals surface area contributed by atoms with Crippen molar-refractivity contribution in [3.05, 3.63) is 81.1 Å². The fraction of sp³-hybridized carbons (Fsp3) is 0.300. The van der Waals surface area contributed by atoms with Crippen molar-refractivity contribution in [2.45, 2.75) is 37.8 Å². The van der Waals surface area contributed by atoms with Gasteiger partial charge in [-0.05, 0) is 48.7 Å². The normalized spacial score (nSPS) is 15.7. The van der Waals surface area contributed by atoms with E-state index in [2.05, 4.69) is 16.5 Å². The number of halogens is 3. The third kappa shape index (κ3) is 5.57. The molecule has 0 aliphatic carbocycles. The number of piperazine rings is 1. The van der Waals surface area contributed by atoms with E-state index in [0.717, 1.165) is 10.8 Å². The van der Waals surface area contributed by atoms with E-state index in [-0.39, 0.29) is 61.3 Å². The fourth-order valence-electron chi connectivity index (χ4n) is 5.44. The summed E-state index contributed by atoms with van der Waals surface area (Å²) in [5.74, 6) is -0.909. The van der Waals surface area contributed by atoms with Crippen LogP contribution in [0.1, 0.15) is 32.3 Å². The maximum Gasteiger partial charge on any atom is 0.355 e. The molecule has 1 aliphatic rings. The minimum absolute atomic E-state index is 0.00565. The van der Waals surface area contributed by atoms with E-state index < -0.39 is 21.3 Å². The monoisotopic (exact) mass is 658 g/mol. The van der Waals surface area contributed by atoms with Crippen LogP contribution in [0.5, 0.6) is 0 Å². The number of carbonyl (C=O) groups excluding carboxylic acids is 1. The Hall–Kier alpha value is -3.87. The van der Waals surface area contributed by atoms with Gasteiger partial charge in [-0.3, -0.25) is 4.79 Å². The summed E-state index contributed by atoms with van der Waals surface area (Å²) in [6, 6.07) is 6.99. The van der Waals surface area contributed by atoms with Crippen LogP contribution in [0.2, 0.25) is 10.0 Å². The van der Waals surface area contributed by atoms with E-state index in [0.29, 0.717) is 30.6 Å². The van der Waals surface area contributed by atoms with Crippen molar-refractivity contribution in [1.82, 2.24) is 24.4 Å². The van der Waals surface area contributed by atoms with Gasteiger partial charge < -0.3 is 9.80 Å². The topological polar surface area (TPSA) is 118 Å². The molecule has 3 aromatic heterocycles. The first-order chi connectivity index (χ1) is 20.7. The molecule has 1 amide bonds. The largest absolute Gasteiger partial charge is 0.355 e. The second kappa shape index (κ2) is 11.9. The lowest BCUT2D eigenvalue weighted by molar-refractivity contribution is -0.126. The number of pyridine rings is 2. The molecule has 4 heterocycles. The molecule has 1 fully saturated rings. The molecule has 0 radical (unpaired) electrons. The number of benzene rings is 1. The molecule has 1 aromatic carbocycles. The van der Waals surface area contributed by atoms with Gasteiger partial charge in [0.05, 0.1) is 32.4 Å². The molecule has 0 N–H and O–H groups in total. The molecule has 0 unspecified atom stereocenters. The molecule has 44 heavy (non-hydrogen) atoms. The molecule has 0 saturated carbocycles. The molecule has 14 heteroatoms. The summed E-state index contributed by atoms with van der Waals surface area (Å²) in [6.07, 6.45) is 3.61. The molecule has 1 saturated heterocycles. The maximum absolute atomic E-state index is 15.2. The van der Waals surface area contributed by atoms with E-state index >= 15 is 4.39 Å². The van der Waals surface area contributed by atoms with Crippen LogP contribution < -0.4 is 10.6 Å². The molecule has 5 rings (SSSR count). The van der Waals surface area contributed by atoms with Crippen LogP contribution in [0.25, 0.3) is 28.0 Å². The van der Waals surface area contributed by atoms with Crippen molar-refractivity contribution in [1.29, 1.82) is 0 Å². The second-order valence-corrected chi connectivity index (χ2v) is 13.6. The Morgan fingerprint density at radius 2 is 1.89 bits per heavy atom. The van der Waals surface area contributed by atoms with Gasteiger partial charge in [0.2, 0.25) is 5.91 Å². The Morgan fingerprint density at radius 1 is 1.16 bits per heavy atom. The zero-order valence-electron chi connectivity index (χ0n) is 24.4. The van der Waals surface area contributed by atoms with Crippen molar-refractivity contribution in [2.75, 3.05) is 30.8 Å². The van der Waals surface area contributed by atoms with Crippen LogP contribution in [-0.2, 0) is 14.6 Å². The summed E-state index contributed by atoms with van der Waals surface area (Å²) in [5, 5.41) is 0.0390. The third-order valence-corrected chi connectivity index (χ3v) is 9.11. The predicted octanol–water partition coefficient (Wildman–Crippen LogP) is 5.04. The zero-order chi connectivity index (χ0) is 32.1. The highest BCUT2D eigenvalue weighted by atomic mass is 35.5. The first kappa shape index (κ1) is 31.6. The highest BCUT2D eigenvalue weighted by molar-refractivity contribution is 7.90. The van der Waals surface area contributed by atoms with Gasteiger partial charge in [-0.15, -0.1) is 0 Å². The number of hydrogen-bond donors (Lipinski definition) is 0. The molecule has 230 valence electrons. The van der Waals surface area contributed by atoms with Crippen molar-refractivity contribution >= 4 is 55.8 Å². The van der Waals surface area contributed by atoms with Gasteiger partial charge in [-0.2, -0.15) is 4.98 Å². The van der Waals surface area contributed by atoms with Crippen LogP contribution in [-0.4, -0.2) is 70.7 Å². The number of carbonyl (C=O) groups is 1. The van der Waals surface area contributed by atoms with Gasteiger partial charge in [-0.25, -0.2) is 32.1 Å². The van der Waals surface area contributed by atoms with Gasteiger partial charge in [0.15, 0.2) is 20.5 Å². The second-order valence-electron chi connectivity index (χ2n) is 10.9. The van der Waals surface area contributed by atoms with E-state index in [1.807, 2.05) is 25.7 Å². The summed E-state index contributed by atoms with van der Waals surface area (Å²) >= 11 is 13.1. The molecule has 0 bridgehead atoms. The number of amides is 1. The average molecular weight is 660 g/mol. The minimum Gasteiger partial charge on any atom is -0.350 e. The van der Waals surface area contributed by atoms with Crippen LogP contribution in [0.15, 0.2) is 59.0 Å². The Kier molecular flexibility index (Phi) is 8.54. The van der Waals surface area contributed by atoms with E-state index in [1.165, 1.54) is 36.5 Å². The maximum atomic E-state index is 15.2. The third-order valence-electron chi connectivity index (χ3n) is 7.51. The number of anilines is 1. The highest BCUT2D eigenvalue weighted by Crippen LogP contribution is 2.39. The lowest BCUT2D eigenvalue weighted by atomic mass is 10.0. The summed E-state index contributed by atoms with van der Waals surface area (Å²) in [5.41, 5.74) is -0.473. The van der Waals surface area contributed by atoms with E-state index in [9.17, 15) is 18.0 Å². The number of rotatable bonds is 6. The smallest absolute Gasteiger partial charge is 0.350 e. The highest BCUT2D eigenvalue weighted by Gasteiger charge is 2.32. The molecule has 0 spiro atoms. The lowest BCUT2D eigenvalue weighted by Crippen LogP contribution is -2.54. The van der Waals surface area contributed by atoms with Gasteiger partial charge >= 0.3 is 5.69 Å². The Balaban J connectivity index is 1.90. The van der Waals surface area contributed by atoms with Crippen molar-refractivity contribution in [3.63, 3.8) is 0 Å². The van der Waals surface area contributed by atoms with E-state index in [4.69, 9.17) is 28.2 Å². The summed E-state index contributed by atoms with van der Waals surface area (Å²) in [4.78, 5) is 43.2. The van der Waals surface area contributed by atoms with Crippen LogP contribution in [0, 0.1) is 5.82 Å². The average Bonchev–Trinajstić information content (AvgIpc) is 2.96. The Labute approximate surface area is 263 Å². The quantitative estimate of drug-likeness (QED) is 0.265. The standard InChI is InChI=1S/C30H29Cl2FN6O4S/c1-6-23(40)37-12-13-38(17(4)15-37)27-19-14-21(32)25(24-20(31)8-7-9-22(24)33)35-28(19)39(30(41)36-27)26-18(16(2)3)10-11-34-29(26)44(5,42)43/h6-11,14,16-17H,1,12-13,15H2,2-5H3/t17-/m0/s1. The Bertz CT molecular complexity index is 1980. The van der Waals surface area contributed by atoms with Crippen molar-refractivity contribution < 1.29 is 17.6 Å². The minimum atomic E-state index is -3.95. The van der Waals surface area contributed by atoms with Crippen molar-refractivity contribution in [3.8, 4) is 16.9 Å². The molecular weight excluding hydrogens is 630 g/mol.